The summed E-state index contributed by atoms with van der Waals surface area (Å²) in [5.41, 5.74) is 1.59. The van der Waals surface area contributed by atoms with Crippen molar-refractivity contribution >= 4 is 34.6 Å². The van der Waals surface area contributed by atoms with Gasteiger partial charge < -0.3 is 19.9 Å². The van der Waals surface area contributed by atoms with Gasteiger partial charge in [0.25, 0.3) is 0 Å². The van der Waals surface area contributed by atoms with Crippen LogP contribution < -0.4 is 5.32 Å². The maximum atomic E-state index is 12.2. The number of amides is 2. The summed E-state index contributed by atoms with van der Waals surface area (Å²) in [6.07, 6.45) is -0.646. The van der Waals surface area contributed by atoms with E-state index < -0.39 is 12.1 Å². The van der Waals surface area contributed by atoms with E-state index in [-0.39, 0.29) is 5.91 Å². The van der Waals surface area contributed by atoms with Crippen LogP contribution in [0.2, 0.25) is 5.02 Å². The minimum absolute atomic E-state index is 0.246. The number of benzene rings is 1. The van der Waals surface area contributed by atoms with E-state index in [1.54, 1.807) is 32.2 Å². The molecule has 0 aliphatic rings. The molecule has 0 unspecified atom stereocenters. The van der Waals surface area contributed by atoms with Gasteiger partial charge >= 0.3 is 6.09 Å². The molecule has 8 heteroatoms. The predicted octanol–water partition coefficient (Wildman–Crippen LogP) is 1.92. The maximum absolute atomic E-state index is 12.2. The molecule has 0 bridgehead atoms. The van der Waals surface area contributed by atoms with E-state index in [1.165, 1.54) is 12.0 Å². The summed E-state index contributed by atoms with van der Waals surface area (Å²) in [4.78, 5) is 32.3. The SMILES string of the molecule is COC(=O)N[C@H](C)C(=O)N(C)Cc1nc2ccc(Cl)cc2[nH]1. The third-order valence-corrected chi connectivity index (χ3v) is 3.38. The van der Waals surface area contributed by atoms with Gasteiger partial charge in [0.2, 0.25) is 5.91 Å². The summed E-state index contributed by atoms with van der Waals surface area (Å²) in [6.45, 7) is 1.88. The number of fused-ring (bicyclic) bond motifs is 1. The molecule has 1 aromatic carbocycles. The Kier molecular flexibility index (Phi) is 4.87. The first-order chi connectivity index (χ1) is 10.4. The molecular weight excluding hydrogens is 308 g/mol. The first-order valence-electron chi connectivity index (χ1n) is 6.64. The Hall–Kier alpha value is -2.28. The van der Waals surface area contributed by atoms with E-state index in [2.05, 4.69) is 20.0 Å². The smallest absolute Gasteiger partial charge is 0.407 e. The molecule has 118 valence electrons. The summed E-state index contributed by atoms with van der Waals surface area (Å²) < 4.78 is 4.47. The van der Waals surface area contributed by atoms with Gasteiger partial charge in [0.15, 0.2) is 0 Å². The van der Waals surface area contributed by atoms with Crippen LogP contribution in [0, 0.1) is 0 Å². The van der Waals surface area contributed by atoms with Gasteiger partial charge in [0.1, 0.15) is 11.9 Å². The fourth-order valence-corrected chi connectivity index (χ4v) is 2.21. The molecule has 0 spiro atoms. The molecule has 0 saturated heterocycles. The molecule has 1 atom stereocenters. The molecule has 2 aromatic rings. The second-order valence-corrected chi connectivity index (χ2v) is 5.33. The number of likely N-dealkylation sites (N-methyl/N-ethyl adjacent to an activating group) is 1. The fraction of sp³-hybridized carbons (Fsp3) is 0.357. The number of alkyl carbamates (subject to hydrolysis) is 1. The van der Waals surface area contributed by atoms with E-state index in [1.807, 2.05) is 0 Å². The third kappa shape index (κ3) is 3.67. The number of hydrogen-bond donors (Lipinski definition) is 2. The molecule has 22 heavy (non-hydrogen) atoms. The van der Waals surface area contributed by atoms with Gasteiger partial charge in [-0.2, -0.15) is 0 Å². The van der Waals surface area contributed by atoms with Gasteiger partial charge in [-0.15, -0.1) is 0 Å². The monoisotopic (exact) mass is 324 g/mol. The molecule has 0 radical (unpaired) electrons. The largest absolute Gasteiger partial charge is 0.453 e. The van der Waals surface area contributed by atoms with Crippen LogP contribution in [-0.2, 0) is 16.1 Å². The van der Waals surface area contributed by atoms with Crippen LogP contribution in [0.15, 0.2) is 18.2 Å². The molecule has 2 rings (SSSR count). The van der Waals surface area contributed by atoms with Crippen LogP contribution in [-0.4, -0.2) is 47.1 Å². The fourth-order valence-electron chi connectivity index (χ4n) is 2.04. The van der Waals surface area contributed by atoms with Crippen molar-refractivity contribution in [3.8, 4) is 0 Å². The number of aromatic nitrogens is 2. The zero-order chi connectivity index (χ0) is 16.3. The van der Waals surface area contributed by atoms with E-state index in [9.17, 15) is 9.59 Å². The van der Waals surface area contributed by atoms with Gasteiger partial charge in [-0.25, -0.2) is 9.78 Å². The first-order valence-corrected chi connectivity index (χ1v) is 7.02. The Morgan fingerprint density at radius 1 is 1.50 bits per heavy atom. The van der Waals surface area contributed by atoms with Crippen molar-refractivity contribution in [2.45, 2.75) is 19.5 Å². The van der Waals surface area contributed by atoms with Crippen molar-refractivity contribution in [2.24, 2.45) is 0 Å². The zero-order valence-corrected chi connectivity index (χ0v) is 13.3. The first kappa shape index (κ1) is 16.1. The van der Waals surface area contributed by atoms with Crippen LogP contribution in [0.3, 0.4) is 0 Å². The summed E-state index contributed by atoms with van der Waals surface area (Å²) in [7, 11) is 2.88. The van der Waals surface area contributed by atoms with Gasteiger partial charge in [0, 0.05) is 12.1 Å². The lowest BCUT2D eigenvalue weighted by molar-refractivity contribution is -0.132. The standard InChI is InChI=1S/C14H17ClN4O3/c1-8(16-14(21)22-3)13(20)19(2)7-12-17-10-5-4-9(15)6-11(10)18-12/h4-6,8H,7H2,1-3H3,(H,16,21)(H,17,18)/t8-/m1/s1. The van der Waals surface area contributed by atoms with Crippen LogP contribution in [0.4, 0.5) is 4.79 Å². The van der Waals surface area contributed by atoms with Crippen molar-refractivity contribution in [3.63, 3.8) is 0 Å². The second kappa shape index (κ2) is 6.65. The molecule has 1 aromatic heterocycles. The number of H-pyrrole nitrogens is 1. The predicted molar refractivity (Wildman–Crippen MR) is 82.6 cm³/mol. The van der Waals surface area contributed by atoms with Crippen LogP contribution in [0.1, 0.15) is 12.7 Å². The van der Waals surface area contributed by atoms with E-state index >= 15 is 0 Å². The Labute approximate surface area is 132 Å². The number of hydrogen-bond acceptors (Lipinski definition) is 4. The molecule has 2 N–H and O–H groups in total. The number of halogens is 1. The Morgan fingerprint density at radius 2 is 2.23 bits per heavy atom. The van der Waals surface area contributed by atoms with Crippen molar-refractivity contribution in [1.29, 1.82) is 0 Å². The van der Waals surface area contributed by atoms with E-state index in [4.69, 9.17) is 11.6 Å². The van der Waals surface area contributed by atoms with Crippen LogP contribution in [0.5, 0.6) is 0 Å². The number of imidazole rings is 1. The van der Waals surface area contributed by atoms with Gasteiger partial charge in [-0.05, 0) is 25.1 Å². The molecule has 0 fully saturated rings. The number of nitrogens with zero attached hydrogens (tertiary/aromatic N) is 2. The average Bonchev–Trinajstić information content (AvgIpc) is 2.87. The molecule has 0 aliphatic heterocycles. The number of aromatic amines is 1. The third-order valence-electron chi connectivity index (χ3n) is 3.15. The van der Waals surface area contributed by atoms with Crippen molar-refractivity contribution in [3.05, 3.63) is 29.0 Å². The highest BCUT2D eigenvalue weighted by Gasteiger charge is 2.20. The highest BCUT2D eigenvalue weighted by molar-refractivity contribution is 6.31. The number of rotatable bonds is 4. The average molecular weight is 325 g/mol. The van der Waals surface area contributed by atoms with Gasteiger partial charge in [0.05, 0.1) is 24.7 Å². The lowest BCUT2D eigenvalue weighted by Crippen LogP contribution is -2.45. The summed E-state index contributed by atoms with van der Waals surface area (Å²) in [6, 6.07) is 4.65. The Balaban J connectivity index is 2.04. The second-order valence-electron chi connectivity index (χ2n) is 4.90. The van der Waals surface area contributed by atoms with Crippen LogP contribution >= 0.6 is 11.6 Å². The molecule has 0 aliphatic carbocycles. The Morgan fingerprint density at radius 3 is 2.91 bits per heavy atom. The molecule has 2 amide bonds. The maximum Gasteiger partial charge on any atom is 0.407 e. The van der Waals surface area contributed by atoms with E-state index in [0.29, 0.717) is 17.4 Å². The number of carbonyl (C=O) groups is 2. The van der Waals surface area contributed by atoms with Crippen LogP contribution in [0.25, 0.3) is 11.0 Å². The van der Waals surface area contributed by atoms with Gasteiger partial charge in [-0.1, -0.05) is 11.6 Å². The summed E-state index contributed by atoms with van der Waals surface area (Å²) in [5.74, 6) is 0.391. The van der Waals surface area contributed by atoms with Crippen molar-refractivity contribution < 1.29 is 14.3 Å². The quantitative estimate of drug-likeness (QED) is 0.899. The number of carbonyl (C=O) groups excluding carboxylic acids is 2. The van der Waals surface area contributed by atoms with Gasteiger partial charge in [-0.3, -0.25) is 4.79 Å². The molecular formula is C14H17ClN4O3. The normalized spacial score (nSPS) is 12.0. The molecule has 0 saturated carbocycles. The number of methoxy groups -OCH3 is 1. The highest BCUT2D eigenvalue weighted by Crippen LogP contribution is 2.17. The number of ether oxygens (including phenoxy) is 1. The van der Waals surface area contributed by atoms with Crippen molar-refractivity contribution in [2.75, 3.05) is 14.2 Å². The zero-order valence-electron chi connectivity index (χ0n) is 12.5. The number of nitrogens with one attached hydrogen (secondary N) is 2. The summed E-state index contributed by atoms with van der Waals surface area (Å²) in [5, 5.41) is 3.04. The minimum atomic E-state index is -0.684. The van der Waals surface area contributed by atoms with Crippen molar-refractivity contribution in [1.82, 2.24) is 20.2 Å². The Bertz CT molecular complexity index is 700. The molecule has 7 nitrogen and oxygen atoms in total. The topological polar surface area (TPSA) is 87.3 Å². The minimum Gasteiger partial charge on any atom is -0.453 e. The highest BCUT2D eigenvalue weighted by atomic mass is 35.5. The lowest BCUT2D eigenvalue weighted by atomic mass is 10.3. The molecule has 1 heterocycles. The van der Waals surface area contributed by atoms with E-state index in [0.717, 1.165) is 11.0 Å². The lowest BCUT2D eigenvalue weighted by Gasteiger charge is -2.20. The summed E-state index contributed by atoms with van der Waals surface area (Å²) >= 11 is 5.92.